The molecule has 1 amide bonds. The van der Waals surface area contributed by atoms with Gasteiger partial charge in [-0.15, -0.1) is 0 Å². The third-order valence-corrected chi connectivity index (χ3v) is 5.75. The largest absolute Gasteiger partial charge is 0.474 e. The molecule has 0 saturated carbocycles. The lowest BCUT2D eigenvalue weighted by Crippen LogP contribution is -2.46. The Bertz CT molecular complexity index is 929. The summed E-state index contributed by atoms with van der Waals surface area (Å²) in [5.41, 5.74) is -0.0473. The highest BCUT2D eigenvalue weighted by Crippen LogP contribution is 2.45. The van der Waals surface area contributed by atoms with Crippen LogP contribution in [0.3, 0.4) is 0 Å². The van der Waals surface area contributed by atoms with Gasteiger partial charge < -0.3 is 45.3 Å². The summed E-state index contributed by atoms with van der Waals surface area (Å²) >= 11 is 0. The molecule has 16 nitrogen and oxygen atoms in total. The fraction of sp³-hybridized carbons (Fsp3) is 0.526. The number of nitro benzene ring substituents is 1. The molecule has 0 radical (unpaired) electrons. The number of aldehydes is 2. The molecule has 0 aliphatic carbocycles. The quantitative estimate of drug-likeness (QED) is 0.0367. The molecule has 36 heavy (non-hydrogen) atoms. The topological polar surface area (TPSA) is 263 Å². The van der Waals surface area contributed by atoms with E-state index in [0.29, 0.717) is 6.29 Å². The zero-order valence-corrected chi connectivity index (χ0v) is 19.5. The van der Waals surface area contributed by atoms with Gasteiger partial charge in [-0.2, -0.15) is 0 Å². The van der Waals surface area contributed by atoms with E-state index < -0.39 is 74.8 Å². The van der Waals surface area contributed by atoms with Crippen LogP contribution in [-0.4, -0.2) is 97.7 Å². The maximum absolute atomic E-state index is 12.7. The van der Waals surface area contributed by atoms with E-state index in [4.69, 9.17) is 9.63 Å². The first-order valence-corrected chi connectivity index (χ1v) is 11.8. The van der Waals surface area contributed by atoms with Gasteiger partial charge in [0.1, 0.15) is 36.9 Å². The summed E-state index contributed by atoms with van der Waals surface area (Å²) in [7, 11) is -5.08. The highest BCUT2D eigenvalue weighted by molar-refractivity contribution is 7.47. The number of hydrogen-bond acceptors (Lipinski definition) is 13. The maximum Gasteiger partial charge on any atom is 0.474 e. The summed E-state index contributed by atoms with van der Waals surface area (Å²) in [6.07, 6.45) is -10.5. The van der Waals surface area contributed by atoms with Gasteiger partial charge in [0.2, 0.25) is 5.91 Å². The van der Waals surface area contributed by atoms with E-state index in [-0.39, 0.29) is 24.0 Å². The molecule has 3 unspecified atom stereocenters. The molecular formula is C19H27N2O14P. The molecule has 202 valence electrons. The van der Waals surface area contributed by atoms with Crippen LogP contribution in [0.25, 0.3) is 0 Å². The SMILES string of the molecule is O=CCC(C(=O)NC(CCO)OP(=O)(O)OC[C@@H](O)[C@@H](O)[C@H](O)[C@@H](O)C=O)c1ccc([N+](=O)[O-])cc1. The first-order valence-electron chi connectivity index (χ1n) is 10.3. The zero-order valence-electron chi connectivity index (χ0n) is 18.6. The van der Waals surface area contributed by atoms with Gasteiger partial charge in [0.15, 0.2) is 6.29 Å². The second-order valence-corrected chi connectivity index (χ2v) is 8.76. The standard InChI is InChI=1S/C19H27N2O14P/c22-7-5-13(11-1-3-12(4-2-11)21(30)31)19(29)20-16(6-8-23)35-36(32,33)34-10-15(26)18(28)17(27)14(25)9-24/h1-4,7,9,13-18,23,25-28H,5-6,8,10H2,(H,20,29)(H,32,33)/t13?,14-,15+,16?,17+,18+/m0/s1. The minimum Gasteiger partial charge on any atom is -0.396 e. The number of carbonyl (C=O) groups is 3. The minimum atomic E-state index is -5.08. The van der Waals surface area contributed by atoms with Crippen molar-refractivity contribution in [2.24, 2.45) is 0 Å². The molecule has 7 atom stereocenters. The van der Waals surface area contributed by atoms with Crippen LogP contribution in [0.1, 0.15) is 24.3 Å². The van der Waals surface area contributed by atoms with Crippen LogP contribution >= 0.6 is 7.82 Å². The van der Waals surface area contributed by atoms with Crippen molar-refractivity contribution in [1.29, 1.82) is 0 Å². The lowest BCUT2D eigenvalue weighted by atomic mass is 9.95. The van der Waals surface area contributed by atoms with E-state index in [1.54, 1.807) is 0 Å². The number of nitro groups is 1. The third-order valence-electron chi connectivity index (χ3n) is 4.75. The highest BCUT2D eigenvalue weighted by atomic mass is 31.2. The summed E-state index contributed by atoms with van der Waals surface area (Å²) in [5.74, 6) is -2.06. The summed E-state index contributed by atoms with van der Waals surface area (Å²) in [5, 5.41) is 60.3. The van der Waals surface area contributed by atoms with Gasteiger partial charge in [0.05, 0.1) is 17.4 Å². The van der Waals surface area contributed by atoms with E-state index in [1.165, 1.54) is 12.1 Å². The van der Waals surface area contributed by atoms with Crippen LogP contribution in [0.15, 0.2) is 24.3 Å². The molecule has 1 rings (SSSR count). The maximum atomic E-state index is 12.7. The van der Waals surface area contributed by atoms with Crippen molar-refractivity contribution in [1.82, 2.24) is 5.32 Å². The molecule has 0 heterocycles. The fourth-order valence-electron chi connectivity index (χ4n) is 2.82. The second kappa shape index (κ2) is 14.8. The predicted octanol–water partition coefficient (Wildman–Crippen LogP) is -2.13. The normalized spacial score (nSPS) is 18.1. The fourth-order valence-corrected chi connectivity index (χ4v) is 3.70. The molecule has 0 aliphatic heterocycles. The Labute approximate surface area is 203 Å². The summed E-state index contributed by atoms with van der Waals surface area (Å²) in [4.78, 5) is 54.2. The van der Waals surface area contributed by atoms with Crippen LogP contribution < -0.4 is 5.32 Å². The van der Waals surface area contributed by atoms with E-state index in [1.807, 2.05) is 0 Å². The van der Waals surface area contributed by atoms with Gasteiger partial charge in [0.25, 0.3) is 5.69 Å². The molecular weight excluding hydrogens is 511 g/mol. The van der Waals surface area contributed by atoms with Crippen molar-refractivity contribution in [2.75, 3.05) is 13.2 Å². The average Bonchev–Trinajstić information content (AvgIpc) is 2.84. The molecule has 1 aromatic rings. The van der Waals surface area contributed by atoms with E-state index in [9.17, 15) is 54.4 Å². The molecule has 17 heteroatoms. The van der Waals surface area contributed by atoms with Crippen LogP contribution in [-0.2, 0) is 28.0 Å². The van der Waals surface area contributed by atoms with Crippen molar-refractivity contribution >= 4 is 32.0 Å². The molecule has 0 bridgehead atoms. The first-order chi connectivity index (χ1) is 16.9. The Morgan fingerprint density at radius 1 is 1.14 bits per heavy atom. The van der Waals surface area contributed by atoms with Crippen molar-refractivity contribution in [3.63, 3.8) is 0 Å². The Balaban J connectivity index is 2.87. The van der Waals surface area contributed by atoms with Crippen LogP contribution in [0, 0.1) is 10.1 Å². The van der Waals surface area contributed by atoms with E-state index >= 15 is 0 Å². The highest BCUT2D eigenvalue weighted by Gasteiger charge is 2.34. The summed E-state index contributed by atoms with van der Waals surface area (Å²) < 4.78 is 21.5. The number of amides is 1. The average molecular weight is 538 g/mol. The third kappa shape index (κ3) is 9.77. The lowest BCUT2D eigenvalue weighted by molar-refractivity contribution is -0.384. The van der Waals surface area contributed by atoms with Crippen molar-refractivity contribution < 1.29 is 63.3 Å². The van der Waals surface area contributed by atoms with Gasteiger partial charge in [0, 0.05) is 31.6 Å². The van der Waals surface area contributed by atoms with Gasteiger partial charge in [-0.25, -0.2) is 4.57 Å². The number of phosphoric ester groups is 1. The van der Waals surface area contributed by atoms with Crippen LogP contribution in [0.5, 0.6) is 0 Å². The Kier molecular flexibility index (Phi) is 12.9. The number of rotatable bonds is 17. The number of aliphatic hydroxyl groups excluding tert-OH is 5. The number of carbonyl (C=O) groups excluding carboxylic acids is 3. The molecule has 0 fully saturated rings. The number of hydrogen-bond donors (Lipinski definition) is 7. The molecule has 0 aromatic heterocycles. The van der Waals surface area contributed by atoms with Crippen LogP contribution in [0.4, 0.5) is 5.69 Å². The number of nitrogens with one attached hydrogen (secondary N) is 1. The molecule has 0 spiro atoms. The number of aliphatic hydroxyl groups is 5. The number of phosphoric acid groups is 1. The smallest absolute Gasteiger partial charge is 0.396 e. The number of nitrogens with zero attached hydrogens (tertiary/aromatic N) is 1. The van der Waals surface area contributed by atoms with Gasteiger partial charge in [-0.3, -0.25) is 24.0 Å². The van der Waals surface area contributed by atoms with Crippen molar-refractivity contribution in [2.45, 2.75) is 49.4 Å². The first kappa shape index (κ1) is 31.4. The molecule has 0 aliphatic rings. The predicted molar refractivity (Wildman–Crippen MR) is 117 cm³/mol. The molecule has 0 saturated heterocycles. The Morgan fingerprint density at radius 2 is 1.75 bits per heavy atom. The lowest BCUT2D eigenvalue weighted by Gasteiger charge is -2.26. The molecule has 7 N–H and O–H groups in total. The second-order valence-electron chi connectivity index (χ2n) is 7.36. The van der Waals surface area contributed by atoms with Gasteiger partial charge in [-0.05, 0) is 5.56 Å². The van der Waals surface area contributed by atoms with Gasteiger partial charge >= 0.3 is 7.82 Å². The summed E-state index contributed by atoms with van der Waals surface area (Å²) in [6, 6.07) is 4.72. The Morgan fingerprint density at radius 3 is 2.25 bits per heavy atom. The van der Waals surface area contributed by atoms with E-state index in [2.05, 4.69) is 9.84 Å². The number of non-ortho nitro benzene ring substituents is 1. The van der Waals surface area contributed by atoms with Crippen molar-refractivity contribution in [3.05, 3.63) is 39.9 Å². The minimum absolute atomic E-state index is 0.113. The number of benzene rings is 1. The van der Waals surface area contributed by atoms with Crippen LogP contribution in [0.2, 0.25) is 0 Å². The molecule has 1 aromatic carbocycles. The Hall–Kier alpha value is -2.66. The van der Waals surface area contributed by atoms with Gasteiger partial charge in [-0.1, -0.05) is 12.1 Å². The van der Waals surface area contributed by atoms with Crippen molar-refractivity contribution in [3.8, 4) is 0 Å². The van der Waals surface area contributed by atoms with E-state index in [0.717, 1.165) is 12.1 Å². The summed E-state index contributed by atoms with van der Waals surface area (Å²) in [6.45, 7) is -1.76. The monoisotopic (exact) mass is 538 g/mol. The zero-order chi connectivity index (χ0) is 27.5.